The predicted octanol–water partition coefficient (Wildman–Crippen LogP) is 2.11. The topological polar surface area (TPSA) is 105 Å². The molecule has 0 aliphatic carbocycles. The van der Waals surface area contributed by atoms with Gasteiger partial charge in [-0.3, -0.25) is 23.9 Å². The van der Waals surface area contributed by atoms with Gasteiger partial charge in [0.1, 0.15) is 5.69 Å². The van der Waals surface area contributed by atoms with Crippen molar-refractivity contribution >= 4 is 23.7 Å². The molecule has 1 aromatic heterocycles. The number of likely N-dealkylation sites (N-methyl/N-ethyl adjacent to an activating group) is 1. The quantitative estimate of drug-likeness (QED) is 0.530. The highest BCUT2D eigenvalue weighted by molar-refractivity contribution is 5.99. The molecule has 0 N–H and O–H groups in total. The van der Waals surface area contributed by atoms with Crippen molar-refractivity contribution in [3.8, 4) is 0 Å². The number of rotatable bonds is 7. The summed E-state index contributed by atoms with van der Waals surface area (Å²) in [6, 6.07) is 9.50. The van der Waals surface area contributed by atoms with Gasteiger partial charge in [-0.15, -0.1) is 0 Å². The molecule has 10 heteroatoms. The Morgan fingerprint density at radius 2 is 1.92 bits per heavy atom. The van der Waals surface area contributed by atoms with Crippen LogP contribution in [0.25, 0.3) is 0 Å². The lowest BCUT2D eigenvalue weighted by molar-refractivity contribution is -0.151. The zero-order chi connectivity index (χ0) is 26.5. The number of likely N-dealkylation sites (tertiary alicyclic amines) is 1. The number of hydrogen-bond donors (Lipinski definition) is 0. The van der Waals surface area contributed by atoms with Gasteiger partial charge in [-0.25, -0.2) is 0 Å². The molecule has 0 radical (unpaired) electrons. The van der Waals surface area contributed by atoms with Crippen molar-refractivity contribution in [1.82, 2.24) is 24.5 Å². The van der Waals surface area contributed by atoms with E-state index in [1.807, 2.05) is 31.2 Å². The fraction of sp³-hybridized carbons (Fsp3) is 0.519. The van der Waals surface area contributed by atoms with Gasteiger partial charge in [-0.05, 0) is 44.2 Å². The molecule has 10 nitrogen and oxygen atoms in total. The average Bonchev–Trinajstić information content (AvgIpc) is 3.26. The molecule has 198 valence electrons. The maximum atomic E-state index is 13.3. The minimum atomic E-state index is -0.425. The summed E-state index contributed by atoms with van der Waals surface area (Å²) < 4.78 is 6.70. The first kappa shape index (κ1) is 26.4. The summed E-state index contributed by atoms with van der Waals surface area (Å²) in [5.74, 6) is -1.44. The first-order valence-corrected chi connectivity index (χ1v) is 12.9. The highest BCUT2D eigenvalue weighted by atomic mass is 16.5. The molecular weight excluding hydrogens is 474 g/mol. The van der Waals surface area contributed by atoms with Crippen molar-refractivity contribution in [2.75, 3.05) is 39.8 Å². The van der Waals surface area contributed by atoms with Gasteiger partial charge in [-0.1, -0.05) is 24.3 Å². The van der Waals surface area contributed by atoms with E-state index in [2.05, 4.69) is 5.10 Å². The standard InChI is InChI=1S/C27H35N5O5/c1-4-37-27(36)21-11-7-12-30(17-21)24(33)18-29(3)25(34)22-15-23-26(35)31(13-8-14-32(23)28-22)16-20-10-6-5-9-19(20)2/h5-6,9-10,15,21H,4,7-8,11-14,16-18H2,1-3H3/t21-/m0/s1. The van der Waals surface area contributed by atoms with Gasteiger partial charge in [0.15, 0.2) is 5.69 Å². The fourth-order valence-corrected chi connectivity index (χ4v) is 4.91. The maximum Gasteiger partial charge on any atom is 0.310 e. The number of amides is 3. The Morgan fingerprint density at radius 1 is 1.14 bits per heavy atom. The van der Waals surface area contributed by atoms with E-state index >= 15 is 0 Å². The Kier molecular flexibility index (Phi) is 8.25. The van der Waals surface area contributed by atoms with Crippen LogP contribution in [0.2, 0.25) is 0 Å². The van der Waals surface area contributed by atoms with Gasteiger partial charge in [0.25, 0.3) is 11.8 Å². The normalized spacial score (nSPS) is 17.7. The third-order valence-corrected chi connectivity index (χ3v) is 7.04. The molecule has 0 bridgehead atoms. The number of hydrogen-bond acceptors (Lipinski definition) is 6. The first-order chi connectivity index (χ1) is 17.8. The van der Waals surface area contributed by atoms with Crippen LogP contribution in [0.3, 0.4) is 0 Å². The maximum absolute atomic E-state index is 13.3. The van der Waals surface area contributed by atoms with Crippen molar-refractivity contribution in [3.63, 3.8) is 0 Å². The van der Waals surface area contributed by atoms with E-state index in [9.17, 15) is 19.2 Å². The molecule has 1 saturated heterocycles. The SMILES string of the molecule is CCOC(=O)[C@H]1CCCN(C(=O)CN(C)C(=O)c2cc3n(n2)CCCN(Cc2ccccc2C)C3=O)C1. The number of esters is 1. The number of aromatic nitrogens is 2. The lowest BCUT2D eigenvalue weighted by Crippen LogP contribution is -2.47. The number of carbonyl (C=O) groups excluding carboxylic acids is 4. The lowest BCUT2D eigenvalue weighted by Gasteiger charge is -2.32. The minimum absolute atomic E-state index is 0.135. The summed E-state index contributed by atoms with van der Waals surface area (Å²) in [7, 11) is 1.55. The van der Waals surface area contributed by atoms with E-state index in [0.717, 1.165) is 17.5 Å². The largest absolute Gasteiger partial charge is 0.466 e. The third-order valence-electron chi connectivity index (χ3n) is 7.04. The molecule has 1 fully saturated rings. The van der Waals surface area contributed by atoms with Gasteiger partial charge in [0.05, 0.1) is 19.1 Å². The fourth-order valence-electron chi connectivity index (χ4n) is 4.91. The van der Waals surface area contributed by atoms with Crippen molar-refractivity contribution in [2.24, 2.45) is 5.92 Å². The average molecular weight is 510 g/mol. The number of nitrogens with zero attached hydrogens (tertiary/aromatic N) is 5. The minimum Gasteiger partial charge on any atom is -0.466 e. The smallest absolute Gasteiger partial charge is 0.310 e. The molecule has 3 heterocycles. The molecule has 0 saturated carbocycles. The molecule has 37 heavy (non-hydrogen) atoms. The van der Waals surface area contributed by atoms with Gasteiger partial charge in [0.2, 0.25) is 5.91 Å². The summed E-state index contributed by atoms with van der Waals surface area (Å²) >= 11 is 0. The molecule has 1 aromatic carbocycles. The highest BCUT2D eigenvalue weighted by Crippen LogP contribution is 2.20. The monoisotopic (exact) mass is 509 g/mol. The number of carbonyl (C=O) groups is 4. The van der Waals surface area contributed by atoms with Crippen LogP contribution in [0.4, 0.5) is 0 Å². The van der Waals surface area contributed by atoms with Crippen molar-refractivity contribution < 1.29 is 23.9 Å². The number of aryl methyl sites for hydroxylation is 2. The number of fused-ring (bicyclic) bond motifs is 1. The van der Waals surface area contributed by atoms with Crippen LogP contribution in [0.1, 0.15) is 58.3 Å². The Balaban J connectivity index is 1.40. The van der Waals surface area contributed by atoms with Crippen LogP contribution < -0.4 is 0 Å². The van der Waals surface area contributed by atoms with Crippen molar-refractivity contribution in [3.05, 3.63) is 52.8 Å². The van der Waals surface area contributed by atoms with E-state index in [4.69, 9.17) is 4.74 Å². The Hall–Kier alpha value is -3.69. The van der Waals surface area contributed by atoms with Gasteiger partial charge >= 0.3 is 5.97 Å². The second-order valence-corrected chi connectivity index (χ2v) is 9.74. The van der Waals surface area contributed by atoms with Crippen LogP contribution >= 0.6 is 0 Å². The Morgan fingerprint density at radius 3 is 2.68 bits per heavy atom. The second kappa shape index (κ2) is 11.6. The summed E-state index contributed by atoms with van der Waals surface area (Å²) in [4.78, 5) is 56.2. The van der Waals surface area contributed by atoms with Crippen LogP contribution in [-0.4, -0.2) is 88.0 Å². The molecule has 2 aromatic rings. The second-order valence-electron chi connectivity index (χ2n) is 9.74. The molecule has 4 rings (SSSR count). The predicted molar refractivity (Wildman–Crippen MR) is 136 cm³/mol. The Bertz CT molecular complexity index is 1180. The van der Waals surface area contributed by atoms with E-state index in [0.29, 0.717) is 57.9 Å². The zero-order valence-electron chi connectivity index (χ0n) is 21.8. The Labute approximate surface area is 217 Å². The van der Waals surface area contributed by atoms with Crippen molar-refractivity contribution in [1.29, 1.82) is 0 Å². The molecule has 3 amide bonds. The number of benzene rings is 1. The van der Waals surface area contributed by atoms with Gasteiger partial charge in [0, 0.05) is 45.8 Å². The van der Waals surface area contributed by atoms with Crippen LogP contribution in [0.15, 0.2) is 30.3 Å². The van der Waals surface area contributed by atoms with Crippen molar-refractivity contribution in [2.45, 2.75) is 46.2 Å². The van der Waals surface area contributed by atoms with E-state index < -0.39 is 5.91 Å². The van der Waals surface area contributed by atoms with Gasteiger partial charge in [-0.2, -0.15) is 5.10 Å². The van der Waals surface area contributed by atoms with E-state index in [1.54, 1.807) is 28.5 Å². The lowest BCUT2D eigenvalue weighted by atomic mass is 9.98. The molecule has 1 atom stereocenters. The van der Waals surface area contributed by atoms with E-state index in [-0.39, 0.29) is 35.9 Å². The summed E-state index contributed by atoms with van der Waals surface area (Å²) in [5, 5.41) is 4.41. The zero-order valence-corrected chi connectivity index (χ0v) is 21.8. The molecule has 2 aliphatic heterocycles. The van der Waals surface area contributed by atoms with Crippen LogP contribution in [-0.2, 0) is 27.4 Å². The highest BCUT2D eigenvalue weighted by Gasteiger charge is 2.31. The molecule has 0 spiro atoms. The number of ether oxygens (including phenoxy) is 1. The summed E-state index contributed by atoms with van der Waals surface area (Å²) in [6.45, 7) is 6.43. The molecule has 2 aliphatic rings. The summed E-state index contributed by atoms with van der Waals surface area (Å²) in [5.41, 5.74) is 2.72. The molecule has 0 unspecified atom stereocenters. The number of piperidine rings is 1. The third kappa shape index (κ3) is 6.00. The van der Waals surface area contributed by atoms with Crippen LogP contribution in [0.5, 0.6) is 0 Å². The summed E-state index contributed by atoms with van der Waals surface area (Å²) in [6.07, 6.45) is 2.12. The molecular formula is C27H35N5O5. The van der Waals surface area contributed by atoms with Crippen LogP contribution in [0, 0.1) is 12.8 Å². The van der Waals surface area contributed by atoms with E-state index in [1.165, 1.54) is 11.0 Å². The first-order valence-electron chi connectivity index (χ1n) is 12.9. The van der Waals surface area contributed by atoms with Gasteiger partial charge < -0.3 is 19.4 Å².